The number of hydrogen-bond donors (Lipinski definition) is 0. The Morgan fingerprint density at radius 1 is 1.17 bits per heavy atom. The van der Waals surface area contributed by atoms with Crippen molar-refractivity contribution in [3.63, 3.8) is 0 Å². The average Bonchev–Trinajstić information content (AvgIpc) is 3.37. The molecule has 0 bridgehead atoms. The molecule has 0 saturated heterocycles. The number of amides is 1. The maximum atomic E-state index is 13.4. The third-order valence-electron chi connectivity index (χ3n) is 3.97. The van der Waals surface area contributed by atoms with Crippen LogP contribution in [-0.2, 0) is 11.3 Å². The first kappa shape index (κ1) is 16.4. The van der Waals surface area contributed by atoms with Crippen molar-refractivity contribution in [1.82, 2.24) is 4.90 Å². The van der Waals surface area contributed by atoms with Gasteiger partial charge in [-0.15, -0.1) is 0 Å². The van der Waals surface area contributed by atoms with E-state index in [2.05, 4.69) is 0 Å². The molecule has 3 rings (SSSR count). The predicted octanol–water partition coefficient (Wildman–Crippen LogP) is 3.92. The average molecular weight is 331 g/mol. The molecule has 0 N–H and O–H groups in total. The first-order valence-corrected chi connectivity index (χ1v) is 8.00. The number of nitrogens with zero attached hydrogens (tertiary/aromatic N) is 1. The summed E-state index contributed by atoms with van der Waals surface area (Å²) in [6, 6.07) is 12.1. The summed E-state index contributed by atoms with van der Waals surface area (Å²) in [7, 11) is 0. The van der Waals surface area contributed by atoms with E-state index in [1.807, 2.05) is 0 Å². The second-order valence-corrected chi connectivity index (χ2v) is 6.04. The summed E-state index contributed by atoms with van der Waals surface area (Å²) in [5.41, 5.74) is 0.744. The molecule has 1 unspecified atom stereocenters. The van der Waals surface area contributed by atoms with E-state index in [9.17, 15) is 13.6 Å². The van der Waals surface area contributed by atoms with Gasteiger partial charge in [0.2, 0.25) is 0 Å². The molecule has 1 amide bonds. The van der Waals surface area contributed by atoms with Crippen molar-refractivity contribution < 1.29 is 18.3 Å². The molecular formula is C19H19F2NO2. The highest BCUT2D eigenvalue weighted by Crippen LogP contribution is 2.29. The zero-order chi connectivity index (χ0) is 17.1. The minimum atomic E-state index is -0.735. The summed E-state index contributed by atoms with van der Waals surface area (Å²) in [5, 5.41) is 0. The van der Waals surface area contributed by atoms with Crippen molar-refractivity contribution in [2.24, 2.45) is 0 Å². The summed E-state index contributed by atoms with van der Waals surface area (Å²) in [6.07, 6.45) is 1.14. The molecule has 0 aromatic heterocycles. The Morgan fingerprint density at radius 3 is 2.46 bits per heavy atom. The number of carbonyl (C=O) groups is 1. The highest BCUT2D eigenvalue weighted by molar-refractivity contribution is 5.81. The molecular weight excluding hydrogens is 312 g/mol. The molecule has 0 radical (unpaired) electrons. The maximum Gasteiger partial charge on any atom is 0.263 e. The van der Waals surface area contributed by atoms with E-state index in [-0.39, 0.29) is 17.8 Å². The molecule has 0 aliphatic heterocycles. The van der Waals surface area contributed by atoms with Crippen molar-refractivity contribution in [3.8, 4) is 5.75 Å². The molecule has 126 valence electrons. The Hall–Kier alpha value is -2.43. The lowest BCUT2D eigenvalue weighted by Crippen LogP contribution is -2.41. The smallest absolute Gasteiger partial charge is 0.263 e. The Kier molecular flexibility index (Phi) is 4.79. The lowest BCUT2D eigenvalue weighted by molar-refractivity contribution is -0.139. The van der Waals surface area contributed by atoms with Gasteiger partial charge in [0.1, 0.15) is 17.4 Å². The summed E-state index contributed by atoms with van der Waals surface area (Å²) < 4.78 is 32.2. The molecule has 1 atom stereocenters. The van der Waals surface area contributed by atoms with E-state index in [1.165, 1.54) is 30.3 Å². The number of ether oxygens (including phenoxy) is 1. The van der Waals surface area contributed by atoms with Crippen molar-refractivity contribution in [2.75, 3.05) is 0 Å². The van der Waals surface area contributed by atoms with Crippen LogP contribution in [0.1, 0.15) is 25.3 Å². The van der Waals surface area contributed by atoms with Gasteiger partial charge in [0.15, 0.2) is 6.10 Å². The lowest BCUT2D eigenvalue weighted by Gasteiger charge is -2.26. The van der Waals surface area contributed by atoms with Gasteiger partial charge < -0.3 is 9.64 Å². The van der Waals surface area contributed by atoms with Crippen LogP contribution in [0.4, 0.5) is 8.78 Å². The Bertz CT molecular complexity index is 731. The highest BCUT2D eigenvalue weighted by Gasteiger charge is 2.35. The predicted molar refractivity (Wildman–Crippen MR) is 86.5 cm³/mol. The Morgan fingerprint density at radius 2 is 1.83 bits per heavy atom. The lowest BCUT2D eigenvalue weighted by atomic mass is 10.2. The topological polar surface area (TPSA) is 29.5 Å². The van der Waals surface area contributed by atoms with E-state index in [0.29, 0.717) is 12.3 Å². The van der Waals surface area contributed by atoms with Gasteiger partial charge in [-0.05, 0) is 49.6 Å². The summed E-state index contributed by atoms with van der Waals surface area (Å²) in [6.45, 7) is 1.99. The Labute approximate surface area is 139 Å². The molecule has 1 aliphatic rings. The molecule has 0 heterocycles. The summed E-state index contributed by atoms with van der Waals surface area (Å²) >= 11 is 0. The van der Waals surface area contributed by atoms with Crippen molar-refractivity contribution in [2.45, 2.75) is 38.5 Å². The van der Waals surface area contributed by atoms with Gasteiger partial charge in [0, 0.05) is 18.7 Å². The third-order valence-corrected chi connectivity index (χ3v) is 3.97. The quantitative estimate of drug-likeness (QED) is 0.803. The molecule has 24 heavy (non-hydrogen) atoms. The van der Waals surface area contributed by atoms with Crippen LogP contribution in [0.5, 0.6) is 5.75 Å². The second kappa shape index (κ2) is 6.99. The standard InChI is InChI=1S/C19H19F2NO2/c1-13(24-18-7-3-6-16(21)11-18)19(23)22(17-8-9-17)12-14-4-2-5-15(20)10-14/h2-7,10-11,13,17H,8-9,12H2,1H3. The van der Waals surface area contributed by atoms with Gasteiger partial charge >= 0.3 is 0 Å². The van der Waals surface area contributed by atoms with Crippen LogP contribution in [0.3, 0.4) is 0 Å². The number of rotatable bonds is 6. The fourth-order valence-electron chi connectivity index (χ4n) is 2.63. The van der Waals surface area contributed by atoms with Gasteiger partial charge in [0.05, 0.1) is 0 Å². The zero-order valence-corrected chi connectivity index (χ0v) is 13.4. The highest BCUT2D eigenvalue weighted by atomic mass is 19.1. The fourth-order valence-corrected chi connectivity index (χ4v) is 2.63. The number of halogens is 2. The molecule has 2 aromatic rings. The monoisotopic (exact) mass is 331 g/mol. The summed E-state index contributed by atoms with van der Waals surface area (Å²) in [5.74, 6) is -0.589. The first-order chi connectivity index (χ1) is 11.5. The largest absolute Gasteiger partial charge is 0.481 e. The van der Waals surface area contributed by atoms with E-state index in [0.717, 1.165) is 18.4 Å². The molecule has 1 saturated carbocycles. The minimum absolute atomic E-state index is 0.166. The fraction of sp³-hybridized carbons (Fsp3) is 0.316. The van der Waals surface area contributed by atoms with Crippen LogP contribution in [0, 0.1) is 11.6 Å². The second-order valence-electron chi connectivity index (χ2n) is 6.04. The van der Waals surface area contributed by atoms with Crippen molar-refractivity contribution in [1.29, 1.82) is 0 Å². The van der Waals surface area contributed by atoms with E-state index in [4.69, 9.17) is 4.74 Å². The van der Waals surface area contributed by atoms with E-state index in [1.54, 1.807) is 30.0 Å². The van der Waals surface area contributed by atoms with E-state index < -0.39 is 11.9 Å². The van der Waals surface area contributed by atoms with Gasteiger partial charge in [0.25, 0.3) is 5.91 Å². The van der Waals surface area contributed by atoms with Gasteiger partial charge in [-0.3, -0.25) is 4.79 Å². The third kappa shape index (κ3) is 4.10. The molecule has 1 fully saturated rings. The Balaban J connectivity index is 1.70. The van der Waals surface area contributed by atoms with Crippen molar-refractivity contribution in [3.05, 3.63) is 65.7 Å². The SMILES string of the molecule is CC(Oc1cccc(F)c1)C(=O)N(Cc1cccc(F)c1)C1CC1. The number of hydrogen-bond acceptors (Lipinski definition) is 2. The van der Waals surface area contributed by atoms with E-state index >= 15 is 0 Å². The molecule has 1 aliphatic carbocycles. The van der Waals surface area contributed by atoms with Gasteiger partial charge in [-0.1, -0.05) is 18.2 Å². The van der Waals surface area contributed by atoms with Crippen LogP contribution in [0.2, 0.25) is 0 Å². The first-order valence-electron chi connectivity index (χ1n) is 8.00. The van der Waals surface area contributed by atoms with Crippen LogP contribution in [0.15, 0.2) is 48.5 Å². The van der Waals surface area contributed by atoms with Crippen LogP contribution < -0.4 is 4.74 Å². The maximum absolute atomic E-state index is 13.4. The van der Waals surface area contributed by atoms with Gasteiger partial charge in [-0.25, -0.2) is 8.78 Å². The van der Waals surface area contributed by atoms with Gasteiger partial charge in [-0.2, -0.15) is 0 Å². The molecule has 3 nitrogen and oxygen atoms in total. The number of carbonyl (C=O) groups excluding carboxylic acids is 1. The van der Waals surface area contributed by atoms with Crippen molar-refractivity contribution >= 4 is 5.91 Å². The van der Waals surface area contributed by atoms with Crippen LogP contribution >= 0.6 is 0 Å². The van der Waals surface area contributed by atoms with Crippen LogP contribution in [0.25, 0.3) is 0 Å². The zero-order valence-electron chi connectivity index (χ0n) is 13.4. The molecule has 0 spiro atoms. The summed E-state index contributed by atoms with van der Waals surface area (Å²) in [4.78, 5) is 14.4. The number of benzene rings is 2. The molecule has 2 aromatic carbocycles. The normalized spacial score (nSPS) is 15.0. The van der Waals surface area contributed by atoms with Crippen LogP contribution in [-0.4, -0.2) is 23.0 Å². The molecule has 5 heteroatoms. The minimum Gasteiger partial charge on any atom is -0.481 e.